The zero-order valence-electron chi connectivity index (χ0n) is 17.9. The second kappa shape index (κ2) is 7.25. The van der Waals surface area contributed by atoms with E-state index in [4.69, 9.17) is 5.73 Å². The van der Waals surface area contributed by atoms with Gasteiger partial charge in [-0.2, -0.15) is 0 Å². The fraction of sp³-hybridized carbons (Fsp3) is 0.917. The summed E-state index contributed by atoms with van der Waals surface area (Å²) in [5, 5.41) is 6.81. The lowest BCUT2D eigenvalue weighted by molar-refractivity contribution is -0.171. The summed E-state index contributed by atoms with van der Waals surface area (Å²) in [5.74, 6) is 0.835. The van der Waals surface area contributed by atoms with E-state index in [0.717, 1.165) is 57.8 Å². The summed E-state index contributed by atoms with van der Waals surface area (Å²) in [4.78, 5) is 27.1. The average Bonchev–Trinajstić information content (AvgIpc) is 2.68. The summed E-state index contributed by atoms with van der Waals surface area (Å²) >= 11 is 0. The van der Waals surface area contributed by atoms with E-state index in [1.165, 1.54) is 38.5 Å². The van der Waals surface area contributed by atoms with Gasteiger partial charge in [-0.15, -0.1) is 0 Å². The van der Waals surface area contributed by atoms with Gasteiger partial charge in [0, 0.05) is 17.6 Å². The van der Waals surface area contributed by atoms with Gasteiger partial charge in [0.2, 0.25) is 11.8 Å². The van der Waals surface area contributed by atoms with Gasteiger partial charge in [-0.3, -0.25) is 9.59 Å². The molecule has 0 aromatic rings. The highest BCUT2D eigenvalue weighted by molar-refractivity contribution is 5.89. The minimum Gasteiger partial charge on any atom is -0.353 e. The number of nitrogens with one attached hydrogen (secondary N) is 2. The quantitative estimate of drug-likeness (QED) is 0.673. The Morgan fingerprint density at radius 3 is 1.52 bits per heavy atom. The van der Waals surface area contributed by atoms with Gasteiger partial charge in [-0.25, -0.2) is 0 Å². The Bertz CT molecular complexity index is 617. The first-order valence-electron chi connectivity index (χ1n) is 12.3. The van der Waals surface area contributed by atoms with Gasteiger partial charge in [0.25, 0.3) is 0 Å². The van der Waals surface area contributed by atoms with E-state index in [1.807, 2.05) is 0 Å². The Kier molecular flexibility index (Phi) is 4.96. The van der Waals surface area contributed by atoms with Crippen molar-refractivity contribution in [3.8, 4) is 0 Å². The van der Waals surface area contributed by atoms with Crippen molar-refractivity contribution in [3.63, 3.8) is 0 Å². The first-order valence-corrected chi connectivity index (χ1v) is 12.3. The van der Waals surface area contributed by atoms with Gasteiger partial charge >= 0.3 is 0 Å². The monoisotopic (exact) mass is 401 g/mol. The van der Waals surface area contributed by atoms with Crippen LogP contribution in [0.3, 0.4) is 0 Å². The lowest BCUT2D eigenvalue weighted by Gasteiger charge is -2.64. The van der Waals surface area contributed by atoms with Gasteiger partial charge in [0.1, 0.15) is 0 Å². The molecule has 6 aliphatic carbocycles. The Morgan fingerprint density at radius 1 is 0.655 bits per heavy atom. The number of rotatable bonds is 4. The Hall–Kier alpha value is -1.10. The summed E-state index contributed by atoms with van der Waals surface area (Å²) in [7, 11) is 0. The van der Waals surface area contributed by atoms with Crippen LogP contribution in [0, 0.1) is 16.7 Å². The van der Waals surface area contributed by atoms with Crippen LogP contribution in [0.4, 0.5) is 0 Å². The van der Waals surface area contributed by atoms with Crippen molar-refractivity contribution in [2.75, 3.05) is 0 Å². The maximum Gasteiger partial charge on any atom is 0.226 e. The number of hydrogen-bond donors (Lipinski definition) is 3. The van der Waals surface area contributed by atoms with Crippen molar-refractivity contribution in [2.24, 2.45) is 22.5 Å². The Labute approximate surface area is 175 Å². The summed E-state index contributed by atoms with van der Waals surface area (Å²) in [6.07, 6.45) is 17.0. The topological polar surface area (TPSA) is 84.2 Å². The molecule has 0 aliphatic heterocycles. The van der Waals surface area contributed by atoms with Crippen molar-refractivity contribution in [3.05, 3.63) is 0 Å². The standard InChI is InChI=1S/C24H39N3O2/c25-24-13-17-11-22(15-24,20(28)26-18-7-3-1-4-8-18)14-23(12-17,16-24)21(29)27-19-9-5-2-6-10-19/h17-19H,1-16,25H2,(H,26,28)(H,27,29). The zero-order chi connectivity index (χ0) is 20.1. The Balaban J connectivity index is 1.35. The molecule has 5 heteroatoms. The third-order valence-corrected chi connectivity index (χ3v) is 8.96. The third kappa shape index (κ3) is 3.62. The van der Waals surface area contributed by atoms with E-state index in [-0.39, 0.29) is 17.4 Å². The van der Waals surface area contributed by atoms with E-state index >= 15 is 0 Å². The molecule has 4 bridgehead atoms. The Morgan fingerprint density at radius 2 is 1.10 bits per heavy atom. The van der Waals surface area contributed by atoms with Gasteiger partial charge < -0.3 is 16.4 Å². The maximum absolute atomic E-state index is 13.6. The smallest absolute Gasteiger partial charge is 0.226 e. The molecule has 0 heterocycles. The van der Waals surface area contributed by atoms with Gasteiger partial charge in [0.05, 0.1) is 10.8 Å². The molecule has 2 amide bonds. The van der Waals surface area contributed by atoms with Crippen LogP contribution in [0.1, 0.15) is 103 Å². The molecule has 5 nitrogen and oxygen atoms in total. The van der Waals surface area contributed by atoms with E-state index in [1.54, 1.807) is 0 Å². The number of carbonyl (C=O) groups is 2. The molecular formula is C24H39N3O2. The average molecular weight is 402 g/mol. The van der Waals surface area contributed by atoms with Crippen LogP contribution in [-0.4, -0.2) is 29.4 Å². The minimum absolute atomic E-state index is 0.207. The van der Waals surface area contributed by atoms with Crippen LogP contribution < -0.4 is 16.4 Å². The van der Waals surface area contributed by atoms with E-state index < -0.39 is 10.8 Å². The molecule has 6 saturated carbocycles. The fourth-order valence-electron chi connectivity index (χ4n) is 8.19. The first kappa shape index (κ1) is 19.8. The molecule has 6 aliphatic rings. The highest BCUT2D eigenvalue weighted by atomic mass is 16.2. The van der Waals surface area contributed by atoms with Gasteiger partial charge in [-0.05, 0) is 70.1 Å². The lowest BCUT2D eigenvalue weighted by atomic mass is 9.41. The summed E-state index contributed by atoms with van der Waals surface area (Å²) in [5.41, 5.74) is 5.69. The molecule has 0 aromatic heterocycles. The predicted molar refractivity (Wildman–Crippen MR) is 113 cm³/mol. The molecule has 0 radical (unpaired) electrons. The molecule has 162 valence electrons. The highest BCUT2D eigenvalue weighted by Gasteiger charge is 2.67. The van der Waals surface area contributed by atoms with Crippen molar-refractivity contribution in [1.82, 2.24) is 10.6 Å². The van der Waals surface area contributed by atoms with Crippen molar-refractivity contribution >= 4 is 11.8 Å². The van der Waals surface area contributed by atoms with Crippen molar-refractivity contribution in [1.29, 1.82) is 0 Å². The molecule has 0 spiro atoms. The van der Waals surface area contributed by atoms with Crippen LogP contribution >= 0.6 is 0 Å². The first-order chi connectivity index (χ1) is 13.9. The van der Waals surface area contributed by atoms with E-state index in [9.17, 15) is 9.59 Å². The fourth-order valence-corrected chi connectivity index (χ4v) is 8.19. The largest absolute Gasteiger partial charge is 0.353 e. The van der Waals surface area contributed by atoms with Crippen LogP contribution in [-0.2, 0) is 9.59 Å². The summed E-state index contributed by atoms with van der Waals surface area (Å²) in [6.45, 7) is 0. The zero-order valence-corrected chi connectivity index (χ0v) is 17.9. The normalized spacial score (nSPS) is 42.6. The maximum atomic E-state index is 13.6. The number of hydrogen-bond acceptors (Lipinski definition) is 3. The number of carbonyl (C=O) groups excluding carboxylic acids is 2. The molecule has 6 rings (SSSR count). The molecule has 6 fully saturated rings. The SMILES string of the molecule is NC12CC3CC(C(=O)NC4CCCCC4)(C1)CC(C(=O)NC1CCCCC1)(C3)C2. The van der Waals surface area contributed by atoms with Crippen LogP contribution in [0.5, 0.6) is 0 Å². The molecular weight excluding hydrogens is 362 g/mol. The lowest BCUT2D eigenvalue weighted by Crippen LogP contribution is -2.70. The second-order valence-electron chi connectivity index (χ2n) is 11.5. The third-order valence-electron chi connectivity index (χ3n) is 8.96. The van der Waals surface area contributed by atoms with E-state index in [0.29, 0.717) is 24.4 Å². The molecule has 2 unspecified atom stereocenters. The van der Waals surface area contributed by atoms with E-state index in [2.05, 4.69) is 10.6 Å². The molecule has 0 saturated heterocycles. The molecule has 2 atom stereocenters. The summed E-state index contributed by atoms with van der Waals surface area (Å²) < 4.78 is 0. The predicted octanol–water partition coefficient (Wildman–Crippen LogP) is 3.55. The van der Waals surface area contributed by atoms with Crippen LogP contribution in [0.25, 0.3) is 0 Å². The van der Waals surface area contributed by atoms with Crippen molar-refractivity contribution in [2.45, 2.75) is 120 Å². The number of nitrogens with two attached hydrogens (primary N) is 1. The van der Waals surface area contributed by atoms with Crippen molar-refractivity contribution < 1.29 is 9.59 Å². The summed E-state index contributed by atoms with van der Waals surface area (Å²) in [6, 6.07) is 0.648. The minimum atomic E-state index is -0.421. The second-order valence-corrected chi connectivity index (χ2v) is 11.5. The molecule has 4 N–H and O–H groups in total. The van der Waals surface area contributed by atoms with Crippen LogP contribution in [0.2, 0.25) is 0 Å². The molecule has 0 aromatic carbocycles. The highest BCUT2D eigenvalue weighted by Crippen LogP contribution is 2.66. The van der Waals surface area contributed by atoms with Crippen LogP contribution in [0.15, 0.2) is 0 Å². The molecule has 29 heavy (non-hydrogen) atoms. The van der Waals surface area contributed by atoms with Gasteiger partial charge in [-0.1, -0.05) is 38.5 Å². The van der Waals surface area contributed by atoms with Gasteiger partial charge in [0.15, 0.2) is 0 Å². The number of amides is 2.